The van der Waals surface area contributed by atoms with E-state index >= 15 is 0 Å². The molecule has 2 rings (SSSR count). The number of nitrogens with zero attached hydrogens (tertiary/aromatic N) is 2. The number of methoxy groups -OCH3 is 1. The molecular formula is C10H9N3O3. The van der Waals surface area contributed by atoms with Crippen molar-refractivity contribution < 1.29 is 13.9 Å². The molecule has 0 aliphatic rings. The number of carbonyl (C=O) groups is 1. The van der Waals surface area contributed by atoms with Crippen LogP contribution >= 0.6 is 0 Å². The van der Waals surface area contributed by atoms with Gasteiger partial charge in [-0.2, -0.15) is 0 Å². The van der Waals surface area contributed by atoms with Gasteiger partial charge in [0.15, 0.2) is 5.76 Å². The maximum absolute atomic E-state index is 11.5. The van der Waals surface area contributed by atoms with E-state index in [0.29, 0.717) is 5.69 Å². The summed E-state index contributed by atoms with van der Waals surface area (Å²) in [6.45, 7) is 0. The molecule has 0 fully saturated rings. The quantitative estimate of drug-likeness (QED) is 0.842. The molecule has 0 unspecified atom stereocenters. The SMILES string of the molecule is COc1ncc(NC(=O)c2ccco2)cn1. The molecule has 1 N–H and O–H groups in total. The number of furan rings is 1. The molecule has 2 heterocycles. The molecule has 0 radical (unpaired) electrons. The Hall–Kier alpha value is -2.37. The second kappa shape index (κ2) is 4.43. The van der Waals surface area contributed by atoms with Crippen LogP contribution in [0.1, 0.15) is 10.6 Å². The van der Waals surface area contributed by atoms with Gasteiger partial charge in [0.05, 0.1) is 31.5 Å². The van der Waals surface area contributed by atoms with Crippen molar-refractivity contribution in [2.24, 2.45) is 0 Å². The normalized spacial score (nSPS) is 9.81. The van der Waals surface area contributed by atoms with Crippen molar-refractivity contribution in [1.82, 2.24) is 9.97 Å². The molecule has 82 valence electrons. The van der Waals surface area contributed by atoms with E-state index in [9.17, 15) is 4.79 Å². The molecule has 1 amide bonds. The number of hydrogen-bond donors (Lipinski definition) is 1. The molecule has 16 heavy (non-hydrogen) atoms. The van der Waals surface area contributed by atoms with E-state index in [-0.39, 0.29) is 17.7 Å². The molecule has 2 aromatic rings. The number of nitrogens with one attached hydrogen (secondary N) is 1. The standard InChI is InChI=1S/C10H9N3O3/c1-15-10-11-5-7(6-12-10)13-9(14)8-3-2-4-16-8/h2-6H,1H3,(H,13,14). The van der Waals surface area contributed by atoms with Gasteiger partial charge >= 0.3 is 6.01 Å². The highest BCUT2D eigenvalue weighted by molar-refractivity contribution is 6.01. The number of anilines is 1. The minimum absolute atomic E-state index is 0.232. The first kappa shape index (κ1) is 10.2. The summed E-state index contributed by atoms with van der Waals surface area (Å²) in [4.78, 5) is 19.2. The Labute approximate surface area is 91.3 Å². The molecule has 0 atom stereocenters. The molecule has 0 saturated carbocycles. The third-order valence-corrected chi connectivity index (χ3v) is 1.81. The van der Waals surface area contributed by atoms with Crippen LogP contribution < -0.4 is 10.1 Å². The monoisotopic (exact) mass is 219 g/mol. The smallest absolute Gasteiger partial charge is 0.316 e. The summed E-state index contributed by atoms with van der Waals surface area (Å²) < 4.78 is 9.73. The number of carbonyl (C=O) groups excluding carboxylic acids is 1. The fourth-order valence-electron chi connectivity index (χ4n) is 1.09. The predicted octanol–water partition coefficient (Wildman–Crippen LogP) is 1.33. The van der Waals surface area contributed by atoms with Gasteiger partial charge in [0.1, 0.15) is 0 Å². The first-order chi connectivity index (χ1) is 7.79. The van der Waals surface area contributed by atoms with Gasteiger partial charge in [0.25, 0.3) is 5.91 Å². The van der Waals surface area contributed by atoms with Crippen LogP contribution in [0.3, 0.4) is 0 Å². The average molecular weight is 219 g/mol. The Morgan fingerprint density at radius 3 is 2.75 bits per heavy atom. The van der Waals surface area contributed by atoms with Crippen LogP contribution in [0, 0.1) is 0 Å². The van der Waals surface area contributed by atoms with E-state index in [0.717, 1.165) is 0 Å². The molecule has 0 aliphatic carbocycles. The molecule has 0 aromatic carbocycles. The predicted molar refractivity (Wildman–Crippen MR) is 55.2 cm³/mol. The molecule has 0 aliphatic heterocycles. The van der Waals surface area contributed by atoms with Gasteiger partial charge in [-0.15, -0.1) is 0 Å². The Kier molecular flexibility index (Phi) is 2.81. The number of aromatic nitrogens is 2. The van der Waals surface area contributed by atoms with Gasteiger partial charge in [-0.3, -0.25) is 4.79 Å². The summed E-state index contributed by atoms with van der Waals surface area (Å²) in [5.74, 6) is -0.116. The molecule has 0 bridgehead atoms. The van der Waals surface area contributed by atoms with Gasteiger partial charge in [-0.25, -0.2) is 9.97 Å². The van der Waals surface area contributed by atoms with Crippen molar-refractivity contribution >= 4 is 11.6 Å². The molecule has 0 spiro atoms. The van der Waals surface area contributed by atoms with E-state index in [4.69, 9.17) is 9.15 Å². The lowest BCUT2D eigenvalue weighted by Gasteiger charge is -2.02. The van der Waals surface area contributed by atoms with Crippen molar-refractivity contribution in [1.29, 1.82) is 0 Å². The van der Waals surface area contributed by atoms with Crippen molar-refractivity contribution in [3.8, 4) is 6.01 Å². The summed E-state index contributed by atoms with van der Waals surface area (Å²) in [5, 5.41) is 2.58. The maximum atomic E-state index is 11.5. The Morgan fingerprint density at radius 1 is 1.44 bits per heavy atom. The summed E-state index contributed by atoms with van der Waals surface area (Å²) in [6, 6.07) is 3.45. The Morgan fingerprint density at radius 2 is 2.19 bits per heavy atom. The number of ether oxygens (including phenoxy) is 1. The molecule has 2 aromatic heterocycles. The highest BCUT2D eigenvalue weighted by atomic mass is 16.5. The van der Waals surface area contributed by atoms with Crippen LogP contribution in [-0.4, -0.2) is 23.0 Å². The van der Waals surface area contributed by atoms with Crippen LogP contribution in [0.2, 0.25) is 0 Å². The largest absolute Gasteiger partial charge is 0.467 e. The van der Waals surface area contributed by atoms with Crippen LogP contribution in [0.5, 0.6) is 6.01 Å². The summed E-state index contributed by atoms with van der Waals surface area (Å²) in [5.41, 5.74) is 0.474. The van der Waals surface area contributed by atoms with Crippen LogP contribution in [0.15, 0.2) is 35.2 Å². The van der Waals surface area contributed by atoms with Gasteiger partial charge in [-0.1, -0.05) is 0 Å². The minimum atomic E-state index is -0.348. The lowest BCUT2D eigenvalue weighted by Crippen LogP contribution is -2.11. The van der Waals surface area contributed by atoms with E-state index in [1.54, 1.807) is 12.1 Å². The van der Waals surface area contributed by atoms with Crippen molar-refractivity contribution in [3.05, 3.63) is 36.5 Å². The topological polar surface area (TPSA) is 77.2 Å². The Balaban J connectivity index is 2.06. The number of rotatable bonds is 3. The highest BCUT2D eigenvalue weighted by Crippen LogP contribution is 2.09. The van der Waals surface area contributed by atoms with E-state index < -0.39 is 0 Å². The zero-order chi connectivity index (χ0) is 11.4. The summed E-state index contributed by atoms with van der Waals surface area (Å²) in [6.07, 6.45) is 4.33. The zero-order valence-corrected chi connectivity index (χ0v) is 8.51. The summed E-state index contributed by atoms with van der Waals surface area (Å²) in [7, 11) is 1.47. The first-order valence-corrected chi connectivity index (χ1v) is 4.50. The fourth-order valence-corrected chi connectivity index (χ4v) is 1.09. The number of hydrogen-bond acceptors (Lipinski definition) is 5. The van der Waals surface area contributed by atoms with Gasteiger partial charge in [0, 0.05) is 0 Å². The van der Waals surface area contributed by atoms with E-state index in [1.165, 1.54) is 25.8 Å². The molecule has 0 saturated heterocycles. The second-order valence-corrected chi connectivity index (χ2v) is 2.89. The lowest BCUT2D eigenvalue weighted by atomic mass is 10.4. The van der Waals surface area contributed by atoms with E-state index in [2.05, 4.69) is 15.3 Å². The molecule has 6 nitrogen and oxygen atoms in total. The lowest BCUT2D eigenvalue weighted by molar-refractivity contribution is 0.0996. The van der Waals surface area contributed by atoms with Gasteiger partial charge in [0.2, 0.25) is 0 Å². The molecule has 6 heteroatoms. The zero-order valence-electron chi connectivity index (χ0n) is 8.51. The minimum Gasteiger partial charge on any atom is -0.467 e. The van der Waals surface area contributed by atoms with Crippen molar-refractivity contribution in [2.45, 2.75) is 0 Å². The summed E-state index contributed by atoms with van der Waals surface area (Å²) >= 11 is 0. The highest BCUT2D eigenvalue weighted by Gasteiger charge is 2.08. The number of amides is 1. The Bertz CT molecular complexity index is 465. The van der Waals surface area contributed by atoms with Gasteiger partial charge < -0.3 is 14.5 Å². The van der Waals surface area contributed by atoms with Crippen LogP contribution in [0.4, 0.5) is 5.69 Å². The van der Waals surface area contributed by atoms with Crippen LogP contribution in [0.25, 0.3) is 0 Å². The average Bonchev–Trinajstić information content (AvgIpc) is 2.83. The third kappa shape index (κ3) is 2.17. The van der Waals surface area contributed by atoms with Gasteiger partial charge in [-0.05, 0) is 12.1 Å². The third-order valence-electron chi connectivity index (χ3n) is 1.81. The first-order valence-electron chi connectivity index (χ1n) is 4.50. The maximum Gasteiger partial charge on any atom is 0.316 e. The molecular weight excluding hydrogens is 210 g/mol. The fraction of sp³-hybridized carbons (Fsp3) is 0.100. The van der Waals surface area contributed by atoms with E-state index in [1.807, 2.05) is 0 Å². The van der Waals surface area contributed by atoms with Crippen molar-refractivity contribution in [2.75, 3.05) is 12.4 Å². The van der Waals surface area contributed by atoms with Crippen molar-refractivity contribution in [3.63, 3.8) is 0 Å². The second-order valence-electron chi connectivity index (χ2n) is 2.89. The van der Waals surface area contributed by atoms with Crippen LogP contribution in [-0.2, 0) is 0 Å².